The maximum absolute atomic E-state index is 13.8. The lowest BCUT2D eigenvalue weighted by atomic mass is 9.93. The van der Waals surface area contributed by atoms with Crippen LogP contribution >= 0.6 is 0 Å². The third-order valence-electron chi connectivity index (χ3n) is 6.91. The molecule has 0 unspecified atom stereocenters. The van der Waals surface area contributed by atoms with Crippen LogP contribution in [0.4, 0.5) is 5.69 Å². The Morgan fingerprint density at radius 3 is 2.38 bits per heavy atom. The Morgan fingerprint density at radius 1 is 1.05 bits per heavy atom. The SMILES string of the molecule is CN/C(=C\[N+](=O)[O-])NCCn1c(=O)n2c(c/c1=N\c1c(C)cc(C)cc1C)-c1cc(C)c(C)cc1CC2. The maximum atomic E-state index is 13.8. The normalized spacial score (nSPS) is 13.2. The lowest BCUT2D eigenvalue weighted by Gasteiger charge is -2.24. The third-order valence-corrected chi connectivity index (χ3v) is 6.91. The fourth-order valence-corrected chi connectivity index (χ4v) is 4.99. The van der Waals surface area contributed by atoms with Crippen LogP contribution in [0.3, 0.4) is 0 Å². The molecule has 194 valence electrons. The molecule has 2 N–H and O–H groups in total. The van der Waals surface area contributed by atoms with Gasteiger partial charge in [0.1, 0.15) is 5.49 Å². The van der Waals surface area contributed by atoms with Crippen LogP contribution in [0, 0.1) is 44.7 Å². The molecule has 0 aliphatic carbocycles. The van der Waals surface area contributed by atoms with Crippen LogP contribution in [0.15, 0.2) is 52.1 Å². The molecule has 0 saturated heterocycles. The number of nitro groups is 1. The number of fused-ring (bicyclic) bond motifs is 3. The molecule has 1 aliphatic rings. The number of aromatic nitrogens is 2. The summed E-state index contributed by atoms with van der Waals surface area (Å²) in [5, 5.41) is 16.7. The second kappa shape index (κ2) is 10.5. The Bertz CT molecular complexity index is 1520. The highest BCUT2D eigenvalue weighted by Crippen LogP contribution is 2.30. The molecule has 3 aromatic rings. The Kier molecular flexibility index (Phi) is 7.33. The monoisotopic (exact) mass is 502 g/mol. The Balaban J connectivity index is 1.89. The molecule has 0 radical (unpaired) electrons. The standard InChI is InChI=1S/C28H34N6O3/c1-17-11-20(4)27(21(5)12-17)31-26-15-24-23-14-19(3)18(2)13-22(23)7-9-32(24)28(35)33(26)10-8-30-25(29-6)16-34(36)37/h11-16,29-30H,7-10H2,1-6H3/b25-16+,31-26+. The van der Waals surface area contributed by atoms with E-state index in [4.69, 9.17) is 4.99 Å². The molecular formula is C28H34N6O3. The smallest absolute Gasteiger partial charge is 0.330 e. The van der Waals surface area contributed by atoms with Gasteiger partial charge in [0.15, 0.2) is 5.82 Å². The van der Waals surface area contributed by atoms with Crippen LogP contribution in [0.2, 0.25) is 0 Å². The molecule has 1 aromatic heterocycles. The van der Waals surface area contributed by atoms with Crippen LogP contribution in [0.5, 0.6) is 0 Å². The number of rotatable bonds is 7. The van der Waals surface area contributed by atoms with Gasteiger partial charge in [-0.3, -0.25) is 19.2 Å². The molecule has 9 heteroatoms. The second-order valence-corrected chi connectivity index (χ2v) is 9.68. The van der Waals surface area contributed by atoms with E-state index in [1.165, 1.54) is 16.7 Å². The van der Waals surface area contributed by atoms with Crippen LogP contribution in [0.1, 0.15) is 33.4 Å². The molecule has 2 heterocycles. The van der Waals surface area contributed by atoms with Crippen LogP contribution in [-0.4, -0.2) is 27.6 Å². The average Bonchev–Trinajstić information content (AvgIpc) is 2.82. The molecule has 2 aromatic carbocycles. The second-order valence-electron chi connectivity index (χ2n) is 9.68. The largest absolute Gasteiger partial charge is 0.370 e. The zero-order valence-corrected chi connectivity index (χ0v) is 22.3. The van der Waals surface area contributed by atoms with Crippen molar-refractivity contribution in [2.75, 3.05) is 13.6 Å². The molecule has 1 aliphatic heterocycles. The minimum atomic E-state index is -0.523. The molecule has 0 bridgehead atoms. The number of benzene rings is 2. The van der Waals surface area contributed by atoms with Gasteiger partial charge in [-0.05, 0) is 74.9 Å². The van der Waals surface area contributed by atoms with Gasteiger partial charge in [-0.25, -0.2) is 9.79 Å². The van der Waals surface area contributed by atoms with E-state index in [0.717, 1.165) is 46.3 Å². The Labute approximate surface area is 216 Å². The zero-order chi connectivity index (χ0) is 26.9. The fourth-order valence-electron chi connectivity index (χ4n) is 4.99. The van der Waals surface area contributed by atoms with Crippen LogP contribution < -0.4 is 21.8 Å². The third kappa shape index (κ3) is 5.35. The van der Waals surface area contributed by atoms with Crippen molar-refractivity contribution in [2.24, 2.45) is 4.99 Å². The highest BCUT2D eigenvalue weighted by atomic mass is 16.6. The van der Waals surface area contributed by atoms with E-state index >= 15 is 0 Å². The summed E-state index contributed by atoms with van der Waals surface area (Å²) >= 11 is 0. The number of hydrogen-bond donors (Lipinski definition) is 2. The topological polar surface area (TPSA) is 106 Å². The van der Waals surface area contributed by atoms with Gasteiger partial charge in [-0.1, -0.05) is 23.8 Å². The first-order valence-corrected chi connectivity index (χ1v) is 12.4. The summed E-state index contributed by atoms with van der Waals surface area (Å²) in [6.45, 7) is 11.5. The van der Waals surface area contributed by atoms with Crippen molar-refractivity contribution in [3.63, 3.8) is 0 Å². The van der Waals surface area contributed by atoms with E-state index < -0.39 is 4.92 Å². The van der Waals surface area contributed by atoms with Crippen molar-refractivity contribution in [1.29, 1.82) is 0 Å². The first kappa shape index (κ1) is 25.9. The number of nitrogens with one attached hydrogen (secondary N) is 2. The number of hydrogen-bond acceptors (Lipinski definition) is 6. The van der Waals surface area contributed by atoms with E-state index in [1.807, 2.05) is 24.5 Å². The summed E-state index contributed by atoms with van der Waals surface area (Å²) in [5.41, 5.74) is 10.1. The highest BCUT2D eigenvalue weighted by Gasteiger charge is 2.20. The van der Waals surface area contributed by atoms with E-state index in [1.54, 1.807) is 11.6 Å². The molecule has 0 spiro atoms. The van der Waals surface area contributed by atoms with E-state index in [2.05, 4.69) is 55.7 Å². The first-order valence-electron chi connectivity index (χ1n) is 12.4. The number of aryl methyl sites for hydroxylation is 6. The van der Waals surface area contributed by atoms with Crippen molar-refractivity contribution in [1.82, 2.24) is 19.8 Å². The summed E-state index contributed by atoms with van der Waals surface area (Å²) < 4.78 is 3.47. The van der Waals surface area contributed by atoms with Gasteiger partial charge in [0, 0.05) is 38.3 Å². The minimum absolute atomic E-state index is 0.145. The van der Waals surface area contributed by atoms with Gasteiger partial charge in [0.2, 0.25) is 0 Å². The number of nitrogens with zero attached hydrogens (tertiary/aromatic N) is 4. The van der Waals surface area contributed by atoms with Crippen molar-refractivity contribution in [3.05, 3.63) is 102 Å². The van der Waals surface area contributed by atoms with Gasteiger partial charge in [-0.15, -0.1) is 0 Å². The molecule has 0 amide bonds. The van der Waals surface area contributed by atoms with Crippen LogP contribution in [-0.2, 0) is 19.5 Å². The lowest BCUT2D eigenvalue weighted by molar-refractivity contribution is -0.404. The highest BCUT2D eigenvalue weighted by molar-refractivity contribution is 5.67. The first-order chi connectivity index (χ1) is 17.6. The van der Waals surface area contributed by atoms with E-state index in [9.17, 15) is 14.9 Å². The molecule has 9 nitrogen and oxygen atoms in total. The van der Waals surface area contributed by atoms with Gasteiger partial charge in [-0.2, -0.15) is 0 Å². The van der Waals surface area contributed by atoms with Crippen molar-refractivity contribution in [3.8, 4) is 11.3 Å². The summed E-state index contributed by atoms with van der Waals surface area (Å²) in [6, 6.07) is 10.6. The van der Waals surface area contributed by atoms with Gasteiger partial charge in [0.25, 0.3) is 6.20 Å². The molecule has 4 rings (SSSR count). The predicted molar refractivity (Wildman–Crippen MR) is 145 cm³/mol. The summed E-state index contributed by atoms with van der Waals surface area (Å²) in [6.07, 6.45) is 1.65. The van der Waals surface area contributed by atoms with E-state index in [0.29, 0.717) is 25.1 Å². The van der Waals surface area contributed by atoms with Crippen molar-refractivity contribution < 1.29 is 4.92 Å². The lowest BCUT2D eigenvalue weighted by Crippen LogP contribution is -2.44. The summed E-state index contributed by atoms with van der Waals surface area (Å²) in [5.74, 6) is 0.271. The summed E-state index contributed by atoms with van der Waals surface area (Å²) in [4.78, 5) is 29.2. The maximum Gasteiger partial charge on any atom is 0.330 e. The average molecular weight is 503 g/mol. The van der Waals surface area contributed by atoms with Crippen molar-refractivity contribution >= 4 is 5.69 Å². The van der Waals surface area contributed by atoms with Crippen LogP contribution in [0.25, 0.3) is 11.3 Å². The molecular weight excluding hydrogens is 468 g/mol. The predicted octanol–water partition coefficient (Wildman–Crippen LogP) is 3.53. The fraction of sp³-hybridized carbons (Fsp3) is 0.357. The summed E-state index contributed by atoms with van der Waals surface area (Å²) in [7, 11) is 1.61. The Hall–Kier alpha value is -4.14. The molecule has 0 atom stereocenters. The van der Waals surface area contributed by atoms with E-state index in [-0.39, 0.29) is 11.5 Å². The Morgan fingerprint density at radius 2 is 1.73 bits per heavy atom. The molecule has 0 fully saturated rings. The quantitative estimate of drug-likeness (QED) is 0.380. The van der Waals surface area contributed by atoms with Crippen molar-refractivity contribution in [2.45, 2.75) is 54.1 Å². The van der Waals surface area contributed by atoms with Gasteiger partial charge in [0.05, 0.1) is 16.3 Å². The zero-order valence-electron chi connectivity index (χ0n) is 22.3. The molecule has 37 heavy (non-hydrogen) atoms. The van der Waals surface area contributed by atoms with Gasteiger partial charge >= 0.3 is 5.69 Å². The van der Waals surface area contributed by atoms with Gasteiger partial charge < -0.3 is 10.6 Å². The minimum Gasteiger partial charge on any atom is -0.370 e. The molecule has 0 saturated carbocycles.